The summed E-state index contributed by atoms with van der Waals surface area (Å²) in [5.41, 5.74) is 2.38. The van der Waals surface area contributed by atoms with Gasteiger partial charge in [0.15, 0.2) is 0 Å². The lowest BCUT2D eigenvalue weighted by Crippen LogP contribution is -2.37. The zero-order valence-electron chi connectivity index (χ0n) is 14.8. The van der Waals surface area contributed by atoms with Gasteiger partial charge in [-0.1, -0.05) is 46.6 Å². The second kappa shape index (κ2) is 8.17. The van der Waals surface area contributed by atoms with Gasteiger partial charge in [0, 0.05) is 12.8 Å². The zero-order chi connectivity index (χ0) is 19.4. The molecule has 1 aromatic heterocycles. The van der Waals surface area contributed by atoms with E-state index >= 15 is 0 Å². The summed E-state index contributed by atoms with van der Waals surface area (Å²) in [6.45, 7) is 3.65. The summed E-state index contributed by atoms with van der Waals surface area (Å²) in [7, 11) is 0. The number of hydrogen-bond acceptors (Lipinski definition) is 3. The predicted octanol–water partition coefficient (Wildman–Crippen LogP) is 4.65. The van der Waals surface area contributed by atoms with Crippen LogP contribution in [-0.4, -0.2) is 18.8 Å². The standard InChI is InChI=1S/C19H19ClF3N3O/c1-13-2-4-14(5-3-13)12-27-25-16-6-8-26(9-7-16)18-17(20)10-15(11-24-18)19(21,22)23/h2-5,10-11H,6-9,12H2,1H3/p+1. The summed E-state index contributed by atoms with van der Waals surface area (Å²) in [6.07, 6.45) is -2.15. The molecular formula is C19H20ClF3N3O+. The monoisotopic (exact) mass is 398 g/mol. The summed E-state index contributed by atoms with van der Waals surface area (Å²) in [5.74, 6) is 0.490. The minimum absolute atomic E-state index is 0.0563. The maximum Gasteiger partial charge on any atom is 0.419 e. The van der Waals surface area contributed by atoms with E-state index < -0.39 is 11.7 Å². The minimum Gasteiger partial charge on any atom is -0.391 e. The van der Waals surface area contributed by atoms with Crippen LogP contribution in [0.15, 0.2) is 41.7 Å². The Labute approximate surface area is 160 Å². The number of piperidine rings is 1. The average Bonchev–Trinajstić information content (AvgIpc) is 2.63. The number of nitrogens with zero attached hydrogens (tertiary/aromatic N) is 2. The van der Waals surface area contributed by atoms with Crippen molar-refractivity contribution in [3.63, 3.8) is 0 Å². The Morgan fingerprint density at radius 3 is 2.44 bits per heavy atom. The van der Waals surface area contributed by atoms with E-state index in [4.69, 9.17) is 16.4 Å². The van der Waals surface area contributed by atoms with Gasteiger partial charge in [-0.2, -0.15) is 13.2 Å². The van der Waals surface area contributed by atoms with Crippen molar-refractivity contribution in [2.24, 2.45) is 5.16 Å². The number of aryl methyl sites for hydroxylation is 1. The highest BCUT2D eigenvalue weighted by Crippen LogP contribution is 2.32. The van der Waals surface area contributed by atoms with Gasteiger partial charge in [-0.15, -0.1) is 0 Å². The fourth-order valence-corrected chi connectivity index (χ4v) is 3.12. The number of anilines is 1. The highest BCUT2D eigenvalue weighted by atomic mass is 35.5. The first kappa shape index (κ1) is 19.5. The van der Waals surface area contributed by atoms with Crippen LogP contribution in [0.25, 0.3) is 0 Å². The van der Waals surface area contributed by atoms with Crippen LogP contribution >= 0.6 is 11.6 Å². The van der Waals surface area contributed by atoms with Gasteiger partial charge in [0.2, 0.25) is 0 Å². The third-order valence-corrected chi connectivity index (χ3v) is 4.69. The normalized spacial score (nSPS) is 15.0. The number of benzene rings is 1. The topological polar surface area (TPSA) is 39.0 Å². The van der Waals surface area contributed by atoms with Gasteiger partial charge in [-0.3, -0.25) is 4.90 Å². The van der Waals surface area contributed by atoms with Crippen molar-refractivity contribution in [2.45, 2.75) is 32.5 Å². The van der Waals surface area contributed by atoms with Crippen LogP contribution in [0.2, 0.25) is 5.02 Å². The lowest BCUT2D eigenvalue weighted by molar-refractivity contribution is -0.367. The molecule has 2 heterocycles. The summed E-state index contributed by atoms with van der Waals surface area (Å²) in [6, 6.07) is 8.99. The number of oxime groups is 1. The van der Waals surface area contributed by atoms with Gasteiger partial charge >= 0.3 is 6.18 Å². The number of aromatic nitrogens is 1. The first-order valence-electron chi connectivity index (χ1n) is 8.59. The number of alkyl halides is 3. The number of halogens is 4. The lowest BCUT2D eigenvalue weighted by atomic mass is 10.1. The molecule has 0 spiro atoms. The van der Waals surface area contributed by atoms with Crippen LogP contribution in [0.4, 0.5) is 19.0 Å². The van der Waals surface area contributed by atoms with E-state index in [0.717, 1.165) is 23.5 Å². The molecule has 0 bridgehead atoms. The molecule has 1 saturated heterocycles. The third-order valence-electron chi connectivity index (χ3n) is 4.40. The molecule has 27 heavy (non-hydrogen) atoms. The molecule has 2 aromatic rings. The second-order valence-corrected chi connectivity index (χ2v) is 6.89. The fourth-order valence-electron chi connectivity index (χ4n) is 2.83. The van der Waals surface area contributed by atoms with Gasteiger partial charge in [0.1, 0.15) is 17.8 Å². The van der Waals surface area contributed by atoms with Crippen molar-refractivity contribution in [1.82, 2.24) is 0 Å². The van der Waals surface area contributed by atoms with Gasteiger partial charge in [0.25, 0.3) is 5.82 Å². The molecule has 0 amide bonds. The van der Waals surface area contributed by atoms with Crippen molar-refractivity contribution < 1.29 is 23.0 Å². The minimum atomic E-state index is -4.42. The van der Waals surface area contributed by atoms with Crippen molar-refractivity contribution in [1.29, 1.82) is 0 Å². The Kier molecular flexibility index (Phi) is 5.89. The Bertz CT molecular complexity index is 812. The van der Waals surface area contributed by atoms with Crippen LogP contribution in [0, 0.1) is 6.92 Å². The third kappa shape index (κ3) is 5.13. The molecule has 144 valence electrons. The Morgan fingerprint density at radius 2 is 1.85 bits per heavy atom. The lowest BCUT2D eigenvalue weighted by Gasteiger charge is -2.23. The van der Waals surface area contributed by atoms with E-state index in [1.165, 1.54) is 5.56 Å². The highest BCUT2D eigenvalue weighted by molar-refractivity contribution is 6.32. The van der Waals surface area contributed by atoms with E-state index in [9.17, 15) is 13.2 Å². The molecule has 3 rings (SSSR count). The first-order valence-corrected chi connectivity index (χ1v) is 8.97. The van der Waals surface area contributed by atoms with Gasteiger partial charge < -0.3 is 4.84 Å². The Morgan fingerprint density at radius 1 is 1.19 bits per heavy atom. The maximum atomic E-state index is 12.7. The summed E-state index contributed by atoms with van der Waals surface area (Å²) in [5, 5.41) is 4.25. The number of rotatable bonds is 4. The molecule has 1 N–H and O–H groups in total. The SMILES string of the molecule is Cc1ccc(CON=C2CCN(c3[nH+]cc(C(F)(F)F)cc3Cl)CC2)cc1. The second-order valence-electron chi connectivity index (χ2n) is 6.49. The molecule has 1 aliphatic rings. The summed E-state index contributed by atoms with van der Waals surface area (Å²) in [4.78, 5) is 10.0. The molecule has 1 fully saturated rings. The molecule has 0 radical (unpaired) electrons. The molecule has 4 nitrogen and oxygen atoms in total. The molecule has 1 aromatic carbocycles. The Balaban J connectivity index is 1.54. The molecule has 8 heteroatoms. The smallest absolute Gasteiger partial charge is 0.391 e. The van der Waals surface area contributed by atoms with Crippen LogP contribution < -0.4 is 9.88 Å². The molecule has 1 aliphatic heterocycles. The van der Waals surface area contributed by atoms with Crippen LogP contribution in [0.1, 0.15) is 29.5 Å². The van der Waals surface area contributed by atoms with Crippen molar-refractivity contribution in [2.75, 3.05) is 18.0 Å². The quantitative estimate of drug-likeness (QED) is 0.703. The van der Waals surface area contributed by atoms with E-state index in [2.05, 4.69) is 10.1 Å². The van der Waals surface area contributed by atoms with E-state index in [0.29, 0.717) is 38.4 Å². The van der Waals surface area contributed by atoms with Crippen molar-refractivity contribution in [3.8, 4) is 0 Å². The van der Waals surface area contributed by atoms with Gasteiger partial charge in [-0.25, -0.2) is 4.98 Å². The number of pyridine rings is 1. The molecule has 0 saturated carbocycles. The van der Waals surface area contributed by atoms with Crippen molar-refractivity contribution >= 4 is 23.1 Å². The summed E-state index contributed by atoms with van der Waals surface area (Å²) < 4.78 is 38.2. The number of aromatic amines is 1. The van der Waals surface area contributed by atoms with Crippen LogP contribution in [0.3, 0.4) is 0 Å². The first-order chi connectivity index (χ1) is 12.8. The number of H-pyrrole nitrogens is 1. The van der Waals surface area contributed by atoms with Gasteiger partial charge in [0.05, 0.1) is 24.4 Å². The van der Waals surface area contributed by atoms with E-state index in [1.807, 2.05) is 36.1 Å². The Hall–Kier alpha value is -2.28. The molecular weight excluding hydrogens is 379 g/mol. The number of hydrogen-bond donors (Lipinski definition) is 0. The van der Waals surface area contributed by atoms with Crippen LogP contribution in [0.5, 0.6) is 0 Å². The van der Waals surface area contributed by atoms with Crippen LogP contribution in [-0.2, 0) is 17.6 Å². The molecule has 0 unspecified atom stereocenters. The van der Waals surface area contributed by atoms with Gasteiger partial charge in [-0.05, 0) is 18.6 Å². The van der Waals surface area contributed by atoms with E-state index in [-0.39, 0.29) is 5.02 Å². The maximum absolute atomic E-state index is 12.7. The van der Waals surface area contributed by atoms with Crippen molar-refractivity contribution in [3.05, 3.63) is 58.2 Å². The highest BCUT2D eigenvalue weighted by Gasteiger charge is 2.34. The average molecular weight is 399 g/mol. The van der Waals surface area contributed by atoms with E-state index in [1.54, 1.807) is 0 Å². The molecule has 0 atom stereocenters. The largest absolute Gasteiger partial charge is 0.419 e. The predicted molar refractivity (Wildman–Crippen MR) is 97.9 cm³/mol. The zero-order valence-corrected chi connectivity index (χ0v) is 15.6. The fraction of sp³-hybridized carbons (Fsp3) is 0.368. The summed E-state index contributed by atoms with van der Waals surface area (Å²) >= 11 is 6.04. The number of nitrogens with one attached hydrogen (secondary N) is 1. The molecule has 0 aliphatic carbocycles.